The molecule has 0 saturated carbocycles. The summed E-state index contributed by atoms with van der Waals surface area (Å²) < 4.78 is 0. The number of hydrogen-bond acceptors (Lipinski definition) is 3. The van der Waals surface area contributed by atoms with Crippen molar-refractivity contribution in [2.45, 2.75) is 32.1 Å². The van der Waals surface area contributed by atoms with Crippen LogP contribution in [0.3, 0.4) is 0 Å². The third kappa shape index (κ3) is 6.50. The lowest BCUT2D eigenvalue weighted by molar-refractivity contribution is -0.119. The third-order valence-corrected chi connectivity index (χ3v) is 4.28. The number of piperidine rings is 1. The van der Waals surface area contributed by atoms with Gasteiger partial charge in [0.25, 0.3) is 0 Å². The van der Waals surface area contributed by atoms with Gasteiger partial charge in [0.1, 0.15) is 0 Å². The minimum absolute atomic E-state index is 0.197. The summed E-state index contributed by atoms with van der Waals surface area (Å²) in [5, 5.41) is 3.42. The maximum absolute atomic E-state index is 11.0. The molecule has 1 fully saturated rings. The van der Waals surface area contributed by atoms with Crippen LogP contribution in [0.4, 0.5) is 0 Å². The molecule has 0 aliphatic carbocycles. The zero-order chi connectivity index (χ0) is 14.8. The van der Waals surface area contributed by atoms with E-state index < -0.39 is 0 Å². The Kier molecular flexibility index (Phi) is 8.49. The second-order valence-electron chi connectivity index (χ2n) is 5.30. The summed E-state index contributed by atoms with van der Waals surface area (Å²) in [6, 6.07) is 0. The molecule has 1 amide bonds. The number of nitrogens with two attached hydrogens (primary N) is 1. The molecule has 1 unspecified atom stereocenters. The molecule has 5 nitrogen and oxygen atoms in total. The Balaban J connectivity index is 2.34. The first kappa shape index (κ1) is 17.1. The molecule has 0 aromatic rings. The van der Waals surface area contributed by atoms with E-state index in [1.807, 2.05) is 18.8 Å². The zero-order valence-corrected chi connectivity index (χ0v) is 13.5. The molecule has 0 aromatic carbocycles. The third-order valence-electron chi connectivity index (χ3n) is 3.58. The van der Waals surface area contributed by atoms with Crippen molar-refractivity contribution in [1.82, 2.24) is 10.2 Å². The molecular formula is C14H28N4OS. The fraction of sp³-hybridized carbons (Fsp3) is 0.857. The Labute approximate surface area is 126 Å². The lowest BCUT2D eigenvalue weighted by Crippen LogP contribution is -2.47. The van der Waals surface area contributed by atoms with E-state index in [4.69, 9.17) is 5.73 Å². The van der Waals surface area contributed by atoms with E-state index in [-0.39, 0.29) is 5.91 Å². The van der Waals surface area contributed by atoms with Crippen molar-refractivity contribution in [2.24, 2.45) is 16.6 Å². The summed E-state index contributed by atoms with van der Waals surface area (Å²) >= 11 is 1.89. The largest absolute Gasteiger partial charge is 0.370 e. The fourth-order valence-electron chi connectivity index (χ4n) is 2.61. The standard InChI is InChI=1S/C14H28N4OS/c1-16-14(17-7-3-4-9-20-2)18-8-5-6-12(11-18)10-13(15)19/h12H,3-11H2,1-2H3,(H2,15,19)(H,16,17). The highest BCUT2D eigenvalue weighted by molar-refractivity contribution is 7.98. The Morgan fingerprint density at radius 1 is 1.50 bits per heavy atom. The normalized spacial score (nSPS) is 20.0. The van der Waals surface area contributed by atoms with Crippen molar-refractivity contribution in [1.29, 1.82) is 0 Å². The number of nitrogens with zero attached hydrogens (tertiary/aromatic N) is 2. The van der Waals surface area contributed by atoms with Crippen LogP contribution in [0.15, 0.2) is 4.99 Å². The molecule has 1 aliphatic rings. The average Bonchev–Trinajstić information content (AvgIpc) is 2.42. The molecule has 1 atom stereocenters. The summed E-state index contributed by atoms with van der Waals surface area (Å²) in [5.74, 6) is 2.35. The van der Waals surface area contributed by atoms with E-state index in [1.165, 1.54) is 18.6 Å². The number of carbonyl (C=O) groups excluding carboxylic acids is 1. The van der Waals surface area contributed by atoms with Gasteiger partial charge in [-0.05, 0) is 43.6 Å². The Bertz CT molecular complexity index is 322. The average molecular weight is 300 g/mol. The molecule has 116 valence electrons. The van der Waals surface area contributed by atoms with Gasteiger partial charge in [0.05, 0.1) is 0 Å². The number of primary amides is 1. The number of hydrogen-bond donors (Lipinski definition) is 2. The Morgan fingerprint density at radius 2 is 2.30 bits per heavy atom. The van der Waals surface area contributed by atoms with Crippen molar-refractivity contribution < 1.29 is 4.79 Å². The molecule has 0 aromatic heterocycles. The first-order valence-electron chi connectivity index (χ1n) is 7.40. The van der Waals surface area contributed by atoms with Crippen LogP contribution in [0.25, 0.3) is 0 Å². The molecule has 20 heavy (non-hydrogen) atoms. The number of carbonyl (C=O) groups is 1. The van der Waals surface area contributed by atoms with Crippen LogP contribution in [0.5, 0.6) is 0 Å². The van der Waals surface area contributed by atoms with Gasteiger partial charge in [-0.25, -0.2) is 0 Å². The number of likely N-dealkylation sites (tertiary alicyclic amines) is 1. The van der Waals surface area contributed by atoms with Crippen molar-refractivity contribution in [3.8, 4) is 0 Å². The van der Waals surface area contributed by atoms with Crippen LogP contribution in [-0.4, -0.2) is 55.5 Å². The maximum atomic E-state index is 11.0. The summed E-state index contributed by atoms with van der Waals surface area (Å²) in [5.41, 5.74) is 5.30. The highest BCUT2D eigenvalue weighted by atomic mass is 32.2. The van der Waals surface area contributed by atoms with Gasteiger partial charge in [-0.3, -0.25) is 9.79 Å². The SMILES string of the molecule is CN=C(NCCCCSC)N1CCCC(CC(N)=O)C1. The molecule has 1 rings (SSSR count). The fourth-order valence-corrected chi connectivity index (χ4v) is 3.11. The number of rotatable bonds is 7. The molecule has 1 aliphatic heterocycles. The van der Waals surface area contributed by atoms with Crippen molar-refractivity contribution in [2.75, 3.05) is 38.7 Å². The van der Waals surface area contributed by atoms with E-state index in [2.05, 4.69) is 21.5 Å². The Hall–Kier alpha value is -0.910. The molecule has 0 spiro atoms. The monoisotopic (exact) mass is 300 g/mol. The minimum atomic E-state index is -0.197. The van der Waals surface area contributed by atoms with Gasteiger partial charge in [-0.1, -0.05) is 0 Å². The van der Waals surface area contributed by atoms with E-state index >= 15 is 0 Å². The highest BCUT2D eigenvalue weighted by Gasteiger charge is 2.23. The van der Waals surface area contributed by atoms with Gasteiger partial charge in [-0.15, -0.1) is 0 Å². The first-order chi connectivity index (χ1) is 9.67. The van der Waals surface area contributed by atoms with Crippen molar-refractivity contribution in [3.05, 3.63) is 0 Å². The molecule has 1 saturated heterocycles. The number of thioether (sulfide) groups is 1. The van der Waals surface area contributed by atoms with Gasteiger partial charge in [-0.2, -0.15) is 11.8 Å². The number of unbranched alkanes of at least 4 members (excludes halogenated alkanes) is 1. The second-order valence-corrected chi connectivity index (χ2v) is 6.28. The van der Waals surface area contributed by atoms with Gasteiger partial charge in [0.15, 0.2) is 5.96 Å². The molecule has 6 heteroatoms. The molecule has 0 bridgehead atoms. The van der Waals surface area contributed by atoms with E-state index in [9.17, 15) is 4.79 Å². The van der Waals surface area contributed by atoms with Crippen molar-refractivity contribution in [3.63, 3.8) is 0 Å². The highest BCUT2D eigenvalue weighted by Crippen LogP contribution is 2.19. The van der Waals surface area contributed by atoms with Gasteiger partial charge in [0.2, 0.25) is 5.91 Å². The van der Waals surface area contributed by atoms with Crippen LogP contribution in [0.1, 0.15) is 32.1 Å². The summed E-state index contributed by atoms with van der Waals surface area (Å²) in [6.07, 6.45) is 7.21. The van der Waals surface area contributed by atoms with Crippen LogP contribution in [-0.2, 0) is 4.79 Å². The van der Waals surface area contributed by atoms with E-state index in [0.717, 1.165) is 38.4 Å². The number of amides is 1. The summed E-state index contributed by atoms with van der Waals surface area (Å²) in [6.45, 7) is 2.86. The molecule has 0 radical (unpaired) electrons. The lowest BCUT2D eigenvalue weighted by Gasteiger charge is -2.34. The van der Waals surface area contributed by atoms with Crippen LogP contribution < -0.4 is 11.1 Å². The zero-order valence-electron chi connectivity index (χ0n) is 12.7. The smallest absolute Gasteiger partial charge is 0.217 e. The van der Waals surface area contributed by atoms with Crippen LogP contribution in [0, 0.1) is 5.92 Å². The molecule has 3 N–H and O–H groups in total. The van der Waals surface area contributed by atoms with E-state index in [0.29, 0.717) is 12.3 Å². The minimum Gasteiger partial charge on any atom is -0.370 e. The van der Waals surface area contributed by atoms with Gasteiger partial charge < -0.3 is 16.0 Å². The summed E-state index contributed by atoms with van der Waals surface area (Å²) in [7, 11) is 1.82. The maximum Gasteiger partial charge on any atom is 0.217 e. The first-order valence-corrected chi connectivity index (χ1v) is 8.79. The molecule has 1 heterocycles. The van der Waals surface area contributed by atoms with Gasteiger partial charge >= 0.3 is 0 Å². The second kappa shape index (κ2) is 9.91. The van der Waals surface area contributed by atoms with Crippen LogP contribution in [0.2, 0.25) is 0 Å². The number of guanidine groups is 1. The lowest BCUT2D eigenvalue weighted by atomic mass is 9.95. The molecular weight excluding hydrogens is 272 g/mol. The quantitative estimate of drug-likeness (QED) is 0.422. The number of nitrogens with one attached hydrogen (secondary N) is 1. The topological polar surface area (TPSA) is 70.7 Å². The predicted molar refractivity (Wildman–Crippen MR) is 87.1 cm³/mol. The predicted octanol–water partition coefficient (Wildman–Crippen LogP) is 1.29. The van der Waals surface area contributed by atoms with E-state index in [1.54, 1.807) is 0 Å². The Morgan fingerprint density at radius 3 is 2.95 bits per heavy atom. The number of aliphatic imine (C=N–C) groups is 1. The van der Waals surface area contributed by atoms with Crippen LogP contribution >= 0.6 is 11.8 Å². The van der Waals surface area contributed by atoms with Gasteiger partial charge in [0, 0.05) is 33.1 Å². The summed E-state index contributed by atoms with van der Waals surface area (Å²) in [4.78, 5) is 17.7. The van der Waals surface area contributed by atoms with Crippen molar-refractivity contribution >= 4 is 23.6 Å².